The summed E-state index contributed by atoms with van der Waals surface area (Å²) in [5.41, 5.74) is 5.21. The molecule has 6 heterocycles. The molecule has 5 aromatic heterocycles. The van der Waals surface area contributed by atoms with Gasteiger partial charge in [-0.25, -0.2) is 19.5 Å². The van der Waals surface area contributed by atoms with Crippen LogP contribution in [0.5, 0.6) is 5.88 Å². The smallest absolute Gasteiger partial charge is 0.213 e. The zero-order valence-electron chi connectivity index (χ0n) is 21.2. The fourth-order valence-corrected chi connectivity index (χ4v) is 4.73. The Hall–Kier alpha value is -4.82. The summed E-state index contributed by atoms with van der Waals surface area (Å²) in [6.45, 7) is 4.37. The van der Waals surface area contributed by atoms with Gasteiger partial charge < -0.3 is 9.64 Å². The third kappa shape index (κ3) is 4.53. The van der Waals surface area contributed by atoms with Gasteiger partial charge in [0.05, 0.1) is 42.8 Å². The summed E-state index contributed by atoms with van der Waals surface area (Å²) in [5, 5.41) is 18.3. The third-order valence-corrected chi connectivity index (χ3v) is 6.71. The van der Waals surface area contributed by atoms with E-state index in [0.717, 1.165) is 61.1 Å². The first-order valence-electron chi connectivity index (χ1n) is 12.3. The molecule has 1 saturated heterocycles. The predicted octanol–water partition coefficient (Wildman–Crippen LogP) is 2.79. The number of rotatable bonds is 6. The van der Waals surface area contributed by atoms with E-state index >= 15 is 0 Å². The number of anilines is 1. The second kappa shape index (κ2) is 9.91. The predicted molar refractivity (Wildman–Crippen MR) is 141 cm³/mol. The number of pyridine rings is 2. The van der Waals surface area contributed by atoms with Crippen LogP contribution in [0.2, 0.25) is 0 Å². The topological polar surface area (TPSA) is 113 Å². The fourth-order valence-electron chi connectivity index (χ4n) is 4.73. The Bertz CT molecular complexity index is 1620. The molecule has 1 fully saturated rings. The van der Waals surface area contributed by atoms with E-state index in [-0.39, 0.29) is 0 Å². The van der Waals surface area contributed by atoms with Crippen molar-refractivity contribution in [3.63, 3.8) is 0 Å². The van der Waals surface area contributed by atoms with Crippen molar-refractivity contribution in [2.45, 2.75) is 6.54 Å². The van der Waals surface area contributed by atoms with E-state index in [4.69, 9.17) is 14.7 Å². The van der Waals surface area contributed by atoms with Gasteiger partial charge in [0.15, 0.2) is 0 Å². The summed E-state index contributed by atoms with van der Waals surface area (Å²) in [5.74, 6) is 1.56. The van der Waals surface area contributed by atoms with E-state index < -0.39 is 0 Å². The van der Waals surface area contributed by atoms with Crippen molar-refractivity contribution >= 4 is 11.3 Å². The number of ether oxygens (including phenoxy) is 1. The van der Waals surface area contributed by atoms with E-state index in [0.29, 0.717) is 22.7 Å². The van der Waals surface area contributed by atoms with Crippen molar-refractivity contribution in [2.24, 2.45) is 7.05 Å². The van der Waals surface area contributed by atoms with Gasteiger partial charge in [0.1, 0.15) is 23.0 Å². The fraction of sp³-hybridized carbons (Fsp3) is 0.259. The lowest BCUT2D eigenvalue weighted by atomic mass is 10.1. The van der Waals surface area contributed by atoms with Crippen LogP contribution in [0.3, 0.4) is 0 Å². The molecule has 0 N–H and O–H groups in total. The van der Waals surface area contributed by atoms with E-state index in [1.54, 1.807) is 28.7 Å². The standard InChI is InChI=1S/C27H26N10O/c1-34-16-21(15-30-34)23-18-37-27(20(12-28)14-31-37)26(33-23)19-6-7-24(29-13-19)36-10-8-35(9-11-36)17-22-4-3-5-25(32-22)38-2/h3-7,13-16,18H,8-11,17H2,1-2H3. The van der Waals surface area contributed by atoms with Gasteiger partial charge >= 0.3 is 0 Å². The third-order valence-electron chi connectivity index (χ3n) is 6.71. The number of hydrogen-bond acceptors (Lipinski definition) is 9. The molecule has 190 valence electrons. The van der Waals surface area contributed by atoms with Crippen LogP contribution in [-0.4, -0.2) is 72.5 Å². The number of aryl methyl sites for hydroxylation is 1. The number of fused-ring (bicyclic) bond motifs is 1. The number of hydrogen-bond donors (Lipinski definition) is 0. The molecule has 1 aliphatic rings. The van der Waals surface area contributed by atoms with Crippen LogP contribution in [0, 0.1) is 11.3 Å². The first-order valence-corrected chi connectivity index (χ1v) is 12.3. The van der Waals surface area contributed by atoms with Gasteiger partial charge in [-0.05, 0) is 18.2 Å². The molecule has 11 nitrogen and oxygen atoms in total. The maximum absolute atomic E-state index is 9.66. The van der Waals surface area contributed by atoms with E-state index in [2.05, 4.69) is 31.1 Å². The first kappa shape index (κ1) is 23.6. The van der Waals surface area contributed by atoms with Crippen molar-refractivity contribution in [3.8, 4) is 34.5 Å². The van der Waals surface area contributed by atoms with Crippen molar-refractivity contribution < 1.29 is 4.74 Å². The second-order valence-corrected chi connectivity index (χ2v) is 9.18. The summed E-state index contributed by atoms with van der Waals surface area (Å²) in [6.07, 6.45) is 8.87. The molecule has 0 unspecified atom stereocenters. The Morgan fingerprint density at radius 1 is 0.947 bits per heavy atom. The normalized spacial score (nSPS) is 14.1. The van der Waals surface area contributed by atoms with Gasteiger partial charge in [0.25, 0.3) is 0 Å². The van der Waals surface area contributed by atoms with Crippen molar-refractivity contribution in [3.05, 3.63) is 72.6 Å². The summed E-state index contributed by atoms with van der Waals surface area (Å²) in [4.78, 5) is 18.9. The average molecular weight is 507 g/mol. The SMILES string of the molecule is COc1cccc(CN2CCN(c3ccc(-c4nc(-c5cnn(C)c5)cn5ncc(C#N)c45)cn3)CC2)n1. The molecular formula is C27H26N10O. The molecule has 0 amide bonds. The molecule has 1 aliphatic heterocycles. The van der Waals surface area contributed by atoms with Gasteiger partial charge in [-0.3, -0.25) is 9.58 Å². The molecule has 6 rings (SSSR count). The van der Waals surface area contributed by atoms with Crippen molar-refractivity contribution in [1.82, 2.24) is 39.2 Å². The Morgan fingerprint density at radius 3 is 2.53 bits per heavy atom. The van der Waals surface area contributed by atoms with Crippen LogP contribution >= 0.6 is 0 Å². The maximum Gasteiger partial charge on any atom is 0.213 e. The minimum absolute atomic E-state index is 0.468. The molecule has 0 aliphatic carbocycles. The lowest BCUT2D eigenvalue weighted by Crippen LogP contribution is -2.46. The molecule has 0 radical (unpaired) electrons. The zero-order valence-corrected chi connectivity index (χ0v) is 21.2. The Balaban J connectivity index is 1.22. The second-order valence-electron chi connectivity index (χ2n) is 9.18. The monoisotopic (exact) mass is 506 g/mol. The first-order chi connectivity index (χ1) is 18.6. The van der Waals surface area contributed by atoms with E-state index in [9.17, 15) is 5.26 Å². The Labute approximate surface area is 219 Å². The Kier molecular flexibility index (Phi) is 6.15. The van der Waals surface area contributed by atoms with Gasteiger partial charge in [0.2, 0.25) is 5.88 Å². The van der Waals surface area contributed by atoms with Crippen LogP contribution in [-0.2, 0) is 13.6 Å². The molecule has 0 bridgehead atoms. The molecule has 0 spiro atoms. The van der Waals surface area contributed by atoms with Crippen LogP contribution < -0.4 is 9.64 Å². The number of aromatic nitrogens is 7. The highest BCUT2D eigenvalue weighted by atomic mass is 16.5. The number of piperazine rings is 1. The molecule has 0 aromatic carbocycles. The summed E-state index contributed by atoms with van der Waals surface area (Å²) in [6, 6.07) is 12.1. The highest BCUT2D eigenvalue weighted by Gasteiger charge is 2.20. The summed E-state index contributed by atoms with van der Waals surface area (Å²) in [7, 11) is 3.50. The largest absolute Gasteiger partial charge is 0.481 e. The van der Waals surface area contributed by atoms with E-state index in [1.165, 1.54) is 0 Å². The molecule has 0 atom stereocenters. The van der Waals surface area contributed by atoms with Crippen LogP contribution in [0.1, 0.15) is 11.3 Å². The quantitative estimate of drug-likeness (QED) is 0.343. The molecular weight excluding hydrogens is 480 g/mol. The molecule has 0 saturated carbocycles. The van der Waals surface area contributed by atoms with Gasteiger partial charge in [-0.15, -0.1) is 0 Å². The molecule has 5 aromatic rings. The van der Waals surface area contributed by atoms with Gasteiger partial charge in [-0.2, -0.15) is 15.5 Å². The van der Waals surface area contributed by atoms with Crippen molar-refractivity contribution in [1.29, 1.82) is 5.26 Å². The highest BCUT2D eigenvalue weighted by molar-refractivity contribution is 5.83. The van der Waals surface area contributed by atoms with Crippen LogP contribution in [0.25, 0.3) is 28.0 Å². The lowest BCUT2D eigenvalue weighted by Gasteiger charge is -2.35. The zero-order chi connectivity index (χ0) is 26.1. The molecule has 11 heteroatoms. The molecule has 38 heavy (non-hydrogen) atoms. The number of nitrogens with zero attached hydrogens (tertiary/aromatic N) is 10. The number of nitriles is 1. The number of methoxy groups -OCH3 is 1. The van der Waals surface area contributed by atoms with Gasteiger partial charge in [-0.1, -0.05) is 6.07 Å². The highest BCUT2D eigenvalue weighted by Crippen LogP contribution is 2.29. The minimum atomic E-state index is 0.468. The lowest BCUT2D eigenvalue weighted by molar-refractivity contribution is 0.245. The van der Waals surface area contributed by atoms with Gasteiger partial charge in [0, 0.05) is 69.4 Å². The van der Waals surface area contributed by atoms with E-state index in [1.807, 2.05) is 56.0 Å². The minimum Gasteiger partial charge on any atom is -0.481 e. The summed E-state index contributed by atoms with van der Waals surface area (Å²) < 4.78 is 8.68. The Morgan fingerprint density at radius 2 is 1.82 bits per heavy atom. The van der Waals surface area contributed by atoms with Crippen LogP contribution in [0.4, 0.5) is 5.82 Å². The average Bonchev–Trinajstić information content (AvgIpc) is 3.59. The maximum atomic E-state index is 9.66. The van der Waals surface area contributed by atoms with Crippen molar-refractivity contribution in [2.75, 3.05) is 38.2 Å². The van der Waals surface area contributed by atoms with Crippen LogP contribution in [0.15, 0.2) is 61.3 Å². The summed E-state index contributed by atoms with van der Waals surface area (Å²) >= 11 is 0.